The predicted molar refractivity (Wildman–Crippen MR) is 102 cm³/mol. The number of thioether (sulfide) groups is 1. The van der Waals surface area contributed by atoms with Crippen molar-refractivity contribution < 1.29 is 18.7 Å². The molecule has 0 aliphatic carbocycles. The number of anilines is 1. The van der Waals surface area contributed by atoms with E-state index in [0.29, 0.717) is 30.4 Å². The number of fused-ring (bicyclic) bond motifs is 1. The number of rotatable bonds is 4. The number of hydrogen-bond acceptors (Lipinski definition) is 5. The molecule has 9 heteroatoms. The molecule has 136 valence electrons. The zero-order valence-electron chi connectivity index (χ0n) is 13.6. The van der Waals surface area contributed by atoms with Gasteiger partial charge in [-0.3, -0.25) is 15.6 Å². The maximum Gasteiger partial charge on any atom is 0.248 e. The number of carbonyl (C=O) groups is 1. The smallest absolute Gasteiger partial charge is 0.248 e. The lowest BCUT2D eigenvalue weighted by molar-refractivity contribution is -0.119. The number of hydrazine groups is 1. The molecule has 3 N–H and O–H groups in total. The van der Waals surface area contributed by atoms with E-state index in [1.807, 2.05) is 18.2 Å². The van der Waals surface area contributed by atoms with Gasteiger partial charge < -0.3 is 14.8 Å². The van der Waals surface area contributed by atoms with Crippen LogP contribution in [0.15, 0.2) is 47.4 Å². The minimum Gasteiger partial charge on any atom is -0.486 e. The highest BCUT2D eigenvalue weighted by atomic mass is 32.2. The lowest BCUT2D eigenvalue weighted by Gasteiger charge is -2.18. The monoisotopic (exact) mass is 393 g/mol. The molecule has 0 saturated carbocycles. The second-order valence-electron chi connectivity index (χ2n) is 5.23. The van der Waals surface area contributed by atoms with Gasteiger partial charge in [-0.05, 0) is 54.7 Å². The fourth-order valence-corrected chi connectivity index (χ4v) is 3.01. The van der Waals surface area contributed by atoms with Crippen molar-refractivity contribution in [1.29, 1.82) is 0 Å². The first kappa shape index (κ1) is 18.3. The van der Waals surface area contributed by atoms with E-state index in [9.17, 15) is 9.18 Å². The Morgan fingerprint density at radius 2 is 1.81 bits per heavy atom. The van der Waals surface area contributed by atoms with Crippen molar-refractivity contribution in [3.8, 4) is 11.5 Å². The van der Waals surface area contributed by atoms with Crippen molar-refractivity contribution in [2.24, 2.45) is 0 Å². The lowest BCUT2D eigenvalue weighted by Crippen LogP contribution is -2.44. The van der Waals surface area contributed by atoms with Crippen LogP contribution < -0.4 is 25.6 Å². The van der Waals surface area contributed by atoms with Crippen molar-refractivity contribution in [2.75, 3.05) is 24.3 Å². The van der Waals surface area contributed by atoms with Crippen molar-refractivity contribution in [3.63, 3.8) is 0 Å². The second kappa shape index (κ2) is 8.72. The number of ether oxygens (including phenoxy) is 2. The van der Waals surface area contributed by atoms with Crippen molar-refractivity contribution in [1.82, 2.24) is 10.9 Å². The molecule has 1 aliphatic heterocycles. The van der Waals surface area contributed by atoms with E-state index in [-0.39, 0.29) is 22.6 Å². The van der Waals surface area contributed by atoms with Gasteiger partial charge in [0, 0.05) is 10.6 Å². The SMILES string of the molecule is O=C(CSc1ccc2c(c1)OCCO2)NNC(=S)Nc1ccc(F)cc1. The maximum atomic E-state index is 12.8. The molecule has 0 unspecified atom stereocenters. The molecule has 26 heavy (non-hydrogen) atoms. The predicted octanol–water partition coefficient (Wildman–Crippen LogP) is 2.71. The summed E-state index contributed by atoms with van der Waals surface area (Å²) < 4.78 is 23.8. The Bertz CT molecular complexity index is 802. The molecular weight excluding hydrogens is 377 g/mol. The number of carbonyl (C=O) groups excluding carboxylic acids is 1. The Morgan fingerprint density at radius 1 is 1.08 bits per heavy atom. The summed E-state index contributed by atoms with van der Waals surface area (Å²) in [6.07, 6.45) is 0. The fourth-order valence-electron chi connectivity index (χ4n) is 2.12. The van der Waals surface area contributed by atoms with E-state index in [1.165, 1.54) is 23.9 Å². The molecule has 0 radical (unpaired) electrons. The van der Waals surface area contributed by atoms with Gasteiger partial charge in [0.1, 0.15) is 19.0 Å². The first-order chi connectivity index (χ1) is 12.6. The normalized spacial score (nSPS) is 12.2. The molecule has 0 spiro atoms. The lowest BCUT2D eigenvalue weighted by atomic mass is 10.3. The van der Waals surface area contributed by atoms with Gasteiger partial charge in [0.2, 0.25) is 5.91 Å². The number of benzene rings is 2. The zero-order chi connectivity index (χ0) is 18.4. The van der Waals surface area contributed by atoms with E-state index in [2.05, 4.69) is 16.2 Å². The van der Waals surface area contributed by atoms with E-state index in [4.69, 9.17) is 21.7 Å². The van der Waals surface area contributed by atoms with Gasteiger partial charge in [-0.25, -0.2) is 4.39 Å². The highest BCUT2D eigenvalue weighted by molar-refractivity contribution is 8.00. The number of nitrogens with one attached hydrogen (secondary N) is 3. The first-order valence-electron chi connectivity index (χ1n) is 7.74. The summed E-state index contributed by atoms with van der Waals surface area (Å²) in [5, 5.41) is 3.04. The topological polar surface area (TPSA) is 71.6 Å². The standard InChI is InChI=1S/C17H16FN3O3S2/c18-11-1-3-12(4-2-11)19-17(25)21-20-16(22)10-26-13-5-6-14-15(9-13)24-8-7-23-14/h1-6,9H,7-8,10H2,(H,20,22)(H2,19,21,25). The van der Waals surface area contributed by atoms with Crippen molar-refractivity contribution in [2.45, 2.75) is 4.90 Å². The van der Waals surface area contributed by atoms with Crippen LogP contribution >= 0.6 is 24.0 Å². The summed E-state index contributed by atoms with van der Waals surface area (Å²) in [4.78, 5) is 12.8. The summed E-state index contributed by atoms with van der Waals surface area (Å²) in [5.74, 6) is 1.02. The van der Waals surface area contributed by atoms with E-state index >= 15 is 0 Å². The Balaban J connectivity index is 1.41. The molecule has 2 aromatic carbocycles. The van der Waals surface area contributed by atoms with Gasteiger partial charge >= 0.3 is 0 Å². The summed E-state index contributed by atoms with van der Waals surface area (Å²) >= 11 is 6.43. The van der Waals surface area contributed by atoms with Crippen LogP contribution in [0, 0.1) is 5.82 Å². The van der Waals surface area contributed by atoms with Gasteiger partial charge in [0.05, 0.1) is 5.75 Å². The molecule has 0 saturated heterocycles. The average molecular weight is 393 g/mol. The summed E-state index contributed by atoms with van der Waals surface area (Å²) in [6.45, 7) is 1.06. The van der Waals surface area contributed by atoms with Crippen LogP contribution in [0.2, 0.25) is 0 Å². The largest absolute Gasteiger partial charge is 0.486 e. The molecule has 0 bridgehead atoms. The van der Waals surface area contributed by atoms with Crippen LogP contribution in [0.3, 0.4) is 0 Å². The van der Waals surface area contributed by atoms with Crippen LogP contribution in [0.4, 0.5) is 10.1 Å². The van der Waals surface area contributed by atoms with Gasteiger partial charge in [-0.15, -0.1) is 11.8 Å². The fraction of sp³-hybridized carbons (Fsp3) is 0.176. The Kier molecular flexibility index (Phi) is 6.13. The van der Waals surface area contributed by atoms with Crippen LogP contribution in [0.25, 0.3) is 0 Å². The first-order valence-corrected chi connectivity index (χ1v) is 9.13. The third-order valence-corrected chi connectivity index (χ3v) is 4.50. The number of thiocarbonyl (C=S) groups is 1. The third-order valence-electron chi connectivity index (χ3n) is 3.30. The van der Waals surface area contributed by atoms with Gasteiger partial charge in [0.25, 0.3) is 0 Å². The second-order valence-corrected chi connectivity index (χ2v) is 6.69. The zero-order valence-corrected chi connectivity index (χ0v) is 15.2. The molecular formula is C17H16FN3O3S2. The average Bonchev–Trinajstić information content (AvgIpc) is 2.66. The Hall–Kier alpha value is -2.52. The van der Waals surface area contributed by atoms with E-state index < -0.39 is 0 Å². The minimum atomic E-state index is -0.334. The summed E-state index contributed by atoms with van der Waals surface area (Å²) in [7, 11) is 0. The molecule has 6 nitrogen and oxygen atoms in total. The van der Waals surface area contributed by atoms with Gasteiger partial charge in [0.15, 0.2) is 16.6 Å². The Labute approximate surface area is 159 Å². The third kappa shape index (κ3) is 5.24. The van der Waals surface area contributed by atoms with Crippen molar-refractivity contribution in [3.05, 3.63) is 48.3 Å². The van der Waals surface area contributed by atoms with Gasteiger partial charge in [-0.2, -0.15) is 0 Å². The molecule has 1 aliphatic rings. The molecule has 1 heterocycles. The molecule has 3 rings (SSSR count). The summed E-state index contributed by atoms with van der Waals surface area (Å²) in [5.41, 5.74) is 5.72. The minimum absolute atomic E-state index is 0.200. The number of amides is 1. The highest BCUT2D eigenvalue weighted by Crippen LogP contribution is 2.34. The molecule has 0 atom stereocenters. The van der Waals surface area contributed by atoms with E-state index in [0.717, 1.165) is 4.90 Å². The maximum absolute atomic E-state index is 12.8. The van der Waals surface area contributed by atoms with Crippen molar-refractivity contribution >= 4 is 40.7 Å². The van der Waals surface area contributed by atoms with Crippen LogP contribution in [-0.4, -0.2) is 30.0 Å². The van der Waals surface area contributed by atoms with E-state index in [1.54, 1.807) is 12.1 Å². The number of hydrogen-bond donors (Lipinski definition) is 3. The molecule has 0 aromatic heterocycles. The quantitative estimate of drug-likeness (QED) is 0.419. The molecule has 2 aromatic rings. The molecule has 1 amide bonds. The molecule has 0 fully saturated rings. The van der Waals surface area contributed by atoms with Crippen LogP contribution in [-0.2, 0) is 4.79 Å². The Morgan fingerprint density at radius 3 is 2.58 bits per heavy atom. The highest BCUT2D eigenvalue weighted by Gasteiger charge is 2.12. The summed E-state index contributed by atoms with van der Waals surface area (Å²) in [6, 6.07) is 11.3. The van der Waals surface area contributed by atoms with Crippen LogP contribution in [0.1, 0.15) is 0 Å². The number of halogens is 1. The van der Waals surface area contributed by atoms with Gasteiger partial charge in [-0.1, -0.05) is 0 Å². The van der Waals surface area contributed by atoms with Crippen LogP contribution in [0.5, 0.6) is 11.5 Å².